The van der Waals surface area contributed by atoms with Crippen LogP contribution in [0.1, 0.15) is 11.7 Å². The number of benzene rings is 2. The molecule has 0 heterocycles. The van der Waals surface area contributed by atoms with E-state index in [1.807, 2.05) is 0 Å². The molecule has 0 aliphatic rings. The number of para-hydroxylation sites is 2. The van der Waals surface area contributed by atoms with E-state index in [1.54, 1.807) is 24.3 Å². The molecule has 2 amide bonds. The number of ether oxygens (including phenoxy) is 1. The SMILES string of the molecule is COC(CNC(=O)C(=O)Nc1ccccc1[N+](=O)[O-])c1ccccc1Cl. The van der Waals surface area contributed by atoms with Crippen molar-refractivity contribution in [1.29, 1.82) is 0 Å². The van der Waals surface area contributed by atoms with Gasteiger partial charge in [-0.2, -0.15) is 0 Å². The van der Waals surface area contributed by atoms with Crippen LogP contribution in [0.5, 0.6) is 0 Å². The lowest BCUT2D eigenvalue weighted by Crippen LogP contribution is -2.38. The van der Waals surface area contributed by atoms with Gasteiger partial charge in [0, 0.05) is 30.3 Å². The van der Waals surface area contributed by atoms with E-state index in [-0.39, 0.29) is 17.9 Å². The van der Waals surface area contributed by atoms with Crippen LogP contribution in [0.2, 0.25) is 5.02 Å². The Labute approximate surface area is 154 Å². The highest BCUT2D eigenvalue weighted by Gasteiger charge is 2.21. The van der Waals surface area contributed by atoms with Crippen LogP contribution in [0.15, 0.2) is 48.5 Å². The molecule has 9 heteroatoms. The molecule has 0 aliphatic carbocycles. The van der Waals surface area contributed by atoms with Gasteiger partial charge in [0.2, 0.25) is 0 Å². The minimum Gasteiger partial charge on any atom is -0.375 e. The van der Waals surface area contributed by atoms with Gasteiger partial charge in [0.25, 0.3) is 5.69 Å². The Bertz CT molecular complexity index is 828. The molecule has 8 nitrogen and oxygen atoms in total. The average Bonchev–Trinajstić information content (AvgIpc) is 2.63. The normalized spacial score (nSPS) is 11.5. The molecule has 26 heavy (non-hydrogen) atoms. The summed E-state index contributed by atoms with van der Waals surface area (Å²) in [6, 6.07) is 12.5. The molecular weight excluding hydrogens is 362 g/mol. The van der Waals surface area contributed by atoms with Crippen LogP contribution < -0.4 is 10.6 Å². The van der Waals surface area contributed by atoms with Crippen LogP contribution in [0, 0.1) is 10.1 Å². The Kier molecular flexibility index (Phi) is 6.65. The predicted octanol–water partition coefficient (Wildman–Crippen LogP) is 2.69. The zero-order chi connectivity index (χ0) is 19.1. The topological polar surface area (TPSA) is 111 Å². The number of nitrogens with one attached hydrogen (secondary N) is 2. The Balaban J connectivity index is 2.00. The maximum absolute atomic E-state index is 12.0. The molecule has 2 rings (SSSR count). The standard InChI is InChI=1S/C17H16ClN3O5/c1-26-15(11-6-2-3-7-12(11)18)10-19-16(22)17(23)20-13-8-4-5-9-14(13)21(24)25/h2-9,15H,10H2,1H3,(H,19,22)(H,20,23). The van der Waals surface area contributed by atoms with Gasteiger partial charge in [-0.15, -0.1) is 0 Å². The summed E-state index contributed by atoms with van der Waals surface area (Å²) in [4.78, 5) is 34.3. The first kappa shape index (κ1) is 19.4. The molecule has 0 aromatic heterocycles. The Morgan fingerprint density at radius 3 is 2.46 bits per heavy atom. The van der Waals surface area contributed by atoms with Crippen molar-refractivity contribution in [3.8, 4) is 0 Å². The van der Waals surface area contributed by atoms with Crippen molar-refractivity contribution in [3.63, 3.8) is 0 Å². The number of amides is 2. The van der Waals surface area contributed by atoms with Crippen LogP contribution in [0.3, 0.4) is 0 Å². The molecule has 0 bridgehead atoms. The summed E-state index contributed by atoms with van der Waals surface area (Å²) in [7, 11) is 1.45. The minimum absolute atomic E-state index is 0.00334. The molecular formula is C17H16ClN3O5. The van der Waals surface area contributed by atoms with Crippen molar-refractivity contribution < 1.29 is 19.2 Å². The smallest absolute Gasteiger partial charge is 0.313 e. The van der Waals surface area contributed by atoms with Crippen molar-refractivity contribution in [1.82, 2.24) is 5.32 Å². The van der Waals surface area contributed by atoms with Crippen LogP contribution in [-0.2, 0) is 14.3 Å². The van der Waals surface area contributed by atoms with Crippen LogP contribution in [0.4, 0.5) is 11.4 Å². The van der Waals surface area contributed by atoms with E-state index >= 15 is 0 Å². The summed E-state index contributed by atoms with van der Waals surface area (Å²) in [5.74, 6) is -1.97. The third kappa shape index (κ3) is 4.78. The number of anilines is 1. The molecule has 0 saturated heterocycles. The number of nitro groups is 1. The quantitative estimate of drug-likeness (QED) is 0.457. The summed E-state index contributed by atoms with van der Waals surface area (Å²) in [5.41, 5.74) is 0.294. The van der Waals surface area contributed by atoms with Crippen LogP contribution in [-0.4, -0.2) is 30.4 Å². The van der Waals surface area contributed by atoms with Gasteiger partial charge in [-0.3, -0.25) is 19.7 Å². The second-order valence-electron chi connectivity index (χ2n) is 5.18. The number of carbonyl (C=O) groups is 2. The summed E-state index contributed by atoms with van der Waals surface area (Å²) in [6.07, 6.45) is -0.550. The van der Waals surface area contributed by atoms with Gasteiger partial charge in [-0.1, -0.05) is 41.9 Å². The molecule has 0 fully saturated rings. The lowest BCUT2D eigenvalue weighted by molar-refractivity contribution is -0.383. The fourth-order valence-corrected chi connectivity index (χ4v) is 2.50. The molecule has 136 valence electrons. The van der Waals surface area contributed by atoms with Crippen molar-refractivity contribution in [2.24, 2.45) is 0 Å². The molecule has 0 aliphatic heterocycles. The number of nitro benzene ring substituents is 1. The van der Waals surface area contributed by atoms with Crippen molar-refractivity contribution in [2.45, 2.75) is 6.10 Å². The molecule has 1 unspecified atom stereocenters. The molecule has 2 N–H and O–H groups in total. The summed E-state index contributed by atoms with van der Waals surface area (Å²) >= 11 is 6.09. The maximum Gasteiger partial charge on any atom is 0.313 e. The number of nitrogens with zero attached hydrogens (tertiary/aromatic N) is 1. The first-order valence-electron chi connectivity index (χ1n) is 7.54. The summed E-state index contributed by atoms with van der Waals surface area (Å²) in [6.45, 7) is 0.00334. The minimum atomic E-state index is -1.02. The van der Waals surface area contributed by atoms with Gasteiger partial charge in [0.1, 0.15) is 11.8 Å². The van der Waals surface area contributed by atoms with E-state index < -0.39 is 22.8 Å². The lowest BCUT2D eigenvalue weighted by Gasteiger charge is -2.17. The molecule has 0 saturated carbocycles. The van der Waals surface area contributed by atoms with E-state index in [0.717, 1.165) is 0 Å². The van der Waals surface area contributed by atoms with E-state index in [9.17, 15) is 19.7 Å². The fraction of sp³-hybridized carbons (Fsp3) is 0.176. The summed E-state index contributed by atoms with van der Waals surface area (Å²) < 4.78 is 5.30. The van der Waals surface area contributed by atoms with Gasteiger partial charge in [0.15, 0.2) is 0 Å². The summed E-state index contributed by atoms with van der Waals surface area (Å²) in [5, 5.41) is 16.1. The monoisotopic (exact) mass is 377 g/mol. The zero-order valence-electron chi connectivity index (χ0n) is 13.8. The van der Waals surface area contributed by atoms with Crippen LogP contribution >= 0.6 is 11.6 Å². The molecule has 0 spiro atoms. The number of carbonyl (C=O) groups excluding carboxylic acids is 2. The number of methoxy groups -OCH3 is 1. The second kappa shape index (κ2) is 8.93. The van der Waals surface area contributed by atoms with Gasteiger partial charge >= 0.3 is 11.8 Å². The molecule has 2 aromatic carbocycles. The zero-order valence-corrected chi connectivity index (χ0v) is 14.5. The highest BCUT2D eigenvalue weighted by Crippen LogP contribution is 2.25. The number of halogens is 1. The lowest BCUT2D eigenvalue weighted by atomic mass is 10.1. The molecule has 1 atom stereocenters. The highest BCUT2D eigenvalue weighted by molar-refractivity contribution is 6.39. The second-order valence-corrected chi connectivity index (χ2v) is 5.59. The first-order valence-corrected chi connectivity index (χ1v) is 7.91. The Hall–Kier alpha value is -2.97. The Morgan fingerprint density at radius 1 is 1.15 bits per heavy atom. The van der Waals surface area contributed by atoms with E-state index in [0.29, 0.717) is 10.6 Å². The van der Waals surface area contributed by atoms with Crippen molar-refractivity contribution in [2.75, 3.05) is 19.0 Å². The molecule has 0 radical (unpaired) electrons. The van der Waals surface area contributed by atoms with Crippen LogP contribution in [0.25, 0.3) is 0 Å². The fourth-order valence-electron chi connectivity index (χ4n) is 2.24. The Morgan fingerprint density at radius 2 is 1.81 bits per heavy atom. The van der Waals surface area contributed by atoms with Crippen molar-refractivity contribution in [3.05, 3.63) is 69.2 Å². The van der Waals surface area contributed by atoms with Gasteiger partial charge in [-0.25, -0.2) is 0 Å². The van der Waals surface area contributed by atoms with Gasteiger partial charge < -0.3 is 15.4 Å². The van der Waals surface area contributed by atoms with E-state index in [4.69, 9.17) is 16.3 Å². The van der Waals surface area contributed by atoms with E-state index in [1.165, 1.54) is 31.4 Å². The molecule has 2 aromatic rings. The number of rotatable bonds is 6. The maximum atomic E-state index is 12.0. The van der Waals surface area contributed by atoms with Gasteiger partial charge in [0.05, 0.1) is 4.92 Å². The van der Waals surface area contributed by atoms with Gasteiger partial charge in [-0.05, 0) is 12.1 Å². The van der Waals surface area contributed by atoms with E-state index in [2.05, 4.69) is 10.6 Å². The third-order valence-corrected chi connectivity index (χ3v) is 3.88. The highest BCUT2D eigenvalue weighted by atomic mass is 35.5. The number of hydrogen-bond donors (Lipinski definition) is 2. The predicted molar refractivity (Wildman–Crippen MR) is 95.9 cm³/mol. The van der Waals surface area contributed by atoms with Crippen molar-refractivity contribution >= 4 is 34.8 Å². The first-order chi connectivity index (χ1) is 12.4. The number of hydrogen-bond acceptors (Lipinski definition) is 5. The third-order valence-electron chi connectivity index (χ3n) is 3.54. The largest absolute Gasteiger partial charge is 0.375 e. The average molecular weight is 378 g/mol.